The Morgan fingerprint density at radius 3 is 0.675 bits per heavy atom. The second-order valence-electron chi connectivity index (χ2n) is 25.6. The Bertz CT molecular complexity index is 1380. The van der Waals surface area contributed by atoms with Crippen molar-refractivity contribution in [3.63, 3.8) is 0 Å². The minimum atomic E-state index is -0.773. The van der Waals surface area contributed by atoms with Gasteiger partial charge in [0.25, 0.3) is 0 Å². The van der Waals surface area contributed by atoms with Gasteiger partial charge in [0.05, 0.1) is 0 Å². The average Bonchev–Trinajstić information content (AvgIpc) is 3.50. The molecular formula is C77H144O6. The minimum Gasteiger partial charge on any atom is -0.462 e. The maximum absolute atomic E-state index is 13.0. The Morgan fingerprint density at radius 2 is 0.434 bits per heavy atom. The van der Waals surface area contributed by atoms with Crippen LogP contribution in [0, 0.1) is 0 Å². The third-order valence-electron chi connectivity index (χ3n) is 17.1. The van der Waals surface area contributed by atoms with E-state index < -0.39 is 6.10 Å². The van der Waals surface area contributed by atoms with Crippen LogP contribution in [0.3, 0.4) is 0 Å². The smallest absolute Gasteiger partial charge is 0.306 e. The van der Waals surface area contributed by atoms with E-state index in [0.717, 1.165) is 70.6 Å². The van der Waals surface area contributed by atoms with Crippen molar-refractivity contribution in [2.45, 2.75) is 425 Å². The molecule has 1 atom stereocenters. The third-order valence-corrected chi connectivity index (χ3v) is 17.1. The molecule has 0 spiro atoms. The molecule has 1 unspecified atom stereocenters. The highest BCUT2D eigenvalue weighted by Gasteiger charge is 2.20. The van der Waals surface area contributed by atoms with Gasteiger partial charge in [-0.2, -0.15) is 0 Å². The largest absolute Gasteiger partial charge is 0.462 e. The molecule has 0 radical (unpaired) electrons. The van der Waals surface area contributed by atoms with Crippen molar-refractivity contribution in [1.82, 2.24) is 0 Å². The van der Waals surface area contributed by atoms with Gasteiger partial charge in [-0.15, -0.1) is 0 Å². The van der Waals surface area contributed by atoms with E-state index in [-0.39, 0.29) is 31.1 Å². The molecular weight excluding hydrogens is 1020 g/mol. The van der Waals surface area contributed by atoms with Gasteiger partial charge in [0.15, 0.2) is 6.10 Å². The van der Waals surface area contributed by atoms with Crippen LogP contribution in [0.2, 0.25) is 0 Å². The summed E-state index contributed by atoms with van der Waals surface area (Å²) in [5.41, 5.74) is 0. The number of ether oxygens (including phenoxy) is 3. The van der Waals surface area contributed by atoms with Crippen LogP contribution in [0.1, 0.15) is 419 Å². The summed E-state index contributed by atoms with van der Waals surface area (Å²) in [6.07, 6.45) is 90.4. The van der Waals surface area contributed by atoms with Crippen molar-refractivity contribution in [3.8, 4) is 0 Å². The number of hydrogen-bond acceptors (Lipinski definition) is 6. The lowest BCUT2D eigenvalue weighted by molar-refractivity contribution is -0.167. The van der Waals surface area contributed by atoms with E-state index in [2.05, 4.69) is 57.2 Å². The molecule has 83 heavy (non-hydrogen) atoms. The van der Waals surface area contributed by atoms with E-state index in [4.69, 9.17) is 14.2 Å². The summed E-state index contributed by atoms with van der Waals surface area (Å²) in [6, 6.07) is 0. The Morgan fingerprint density at radius 1 is 0.241 bits per heavy atom. The van der Waals surface area contributed by atoms with Crippen molar-refractivity contribution in [2.24, 2.45) is 0 Å². The molecule has 0 aromatic heterocycles. The highest BCUT2D eigenvalue weighted by Crippen LogP contribution is 2.19. The zero-order chi connectivity index (χ0) is 59.9. The van der Waals surface area contributed by atoms with Crippen LogP contribution < -0.4 is 0 Å². The molecule has 0 fully saturated rings. The van der Waals surface area contributed by atoms with Gasteiger partial charge in [-0.3, -0.25) is 14.4 Å². The molecule has 0 heterocycles. The molecule has 0 saturated carbocycles. The van der Waals surface area contributed by atoms with E-state index in [1.807, 2.05) is 0 Å². The van der Waals surface area contributed by atoms with Crippen molar-refractivity contribution in [1.29, 1.82) is 0 Å². The first-order valence-electron chi connectivity index (χ1n) is 37.5. The monoisotopic (exact) mass is 1170 g/mol. The SMILES string of the molecule is CCCCCCC/C=C\C/C=C\CCCCCCCCCCCCCCCCCCCC(=O)OCC(COC(=O)CCCCCCC/C=C\CCCCCCCCC)OC(=O)CCCCCCCCCCCCCCCCCCCCCC. The number of esters is 3. The number of allylic oxidation sites excluding steroid dienone is 6. The van der Waals surface area contributed by atoms with Gasteiger partial charge < -0.3 is 14.2 Å². The van der Waals surface area contributed by atoms with E-state index in [1.54, 1.807) is 0 Å². The molecule has 0 aliphatic carbocycles. The number of rotatable bonds is 70. The Hall–Kier alpha value is -2.37. The fourth-order valence-corrected chi connectivity index (χ4v) is 11.5. The molecule has 0 aliphatic rings. The first-order chi connectivity index (χ1) is 41.0. The maximum Gasteiger partial charge on any atom is 0.306 e. The fourth-order valence-electron chi connectivity index (χ4n) is 11.5. The fraction of sp³-hybridized carbons (Fsp3) is 0.883. The zero-order valence-corrected chi connectivity index (χ0v) is 56.2. The normalized spacial score (nSPS) is 12.2. The second kappa shape index (κ2) is 72.1. The van der Waals surface area contributed by atoms with E-state index in [9.17, 15) is 14.4 Å². The van der Waals surface area contributed by atoms with Gasteiger partial charge >= 0.3 is 17.9 Å². The van der Waals surface area contributed by atoms with E-state index >= 15 is 0 Å². The van der Waals surface area contributed by atoms with Crippen LogP contribution in [0.25, 0.3) is 0 Å². The summed E-state index contributed by atoms with van der Waals surface area (Å²) < 4.78 is 17.0. The number of carbonyl (C=O) groups is 3. The first kappa shape index (κ1) is 80.6. The molecule has 0 saturated heterocycles. The summed E-state index contributed by atoms with van der Waals surface area (Å²) in [5, 5.41) is 0. The molecule has 488 valence electrons. The van der Waals surface area contributed by atoms with Crippen molar-refractivity contribution < 1.29 is 28.6 Å². The predicted molar refractivity (Wildman–Crippen MR) is 362 cm³/mol. The summed E-state index contributed by atoms with van der Waals surface area (Å²) >= 11 is 0. The molecule has 6 heteroatoms. The molecule has 0 amide bonds. The summed E-state index contributed by atoms with van der Waals surface area (Å²) in [6.45, 7) is 6.71. The number of hydrogen-bond donors (Lipinski definition) is 0. The topological polar surface area (TPSA) is 78.9 Å². The zero-order valence-electron chi connectivity index (χ0n) is 56.2. The van der Waals surface area contributed by atoms with Crippen molar-refractivity contribution in [2.75, 3.05) is 13.2 Å². The highest BCUT2D eigenvalue weighted by atomic mass is 16.6. The van der Waals surface area contributed by atoms with Crippen LogP contribution >= 0.6 is 0 Å². The lowest BCUT2D eigenvalue weighted by Crippen LogP contribution is -2.30. The van der Waals surface area contributed by atoms with Crippen LogP contribution in [0.5, 0.6) is 0 Å². The van der Waals surface area contributed by atoms with Crippen LogP contribution in [-0.2, 0) is 28.6 Å². The molecule has 0 rings (SSSR count). The van der Waals surface area contributed by atoms with Crippen molar-refractivity contribution in [3.05, 3.63) is 36.5 Å². The van der Waals surface area contributed by atoms with E-state index in [0.29, 0.717) is 19.3 Å². The van der Waals surface area contributed by atoms with Gasteiger partial charge in [0.1, 0.15) is 13.2 Å². The summed E-state index contributed by atoms with van der Waals surface area (Å²) in [4.78, 5) is 38.5. The van der Waals surface area contributed by atoms with Crippen molar-refractivity contribution >= 4 is 17.9 Å². The quantitative estimate of drug-likeness (QED) is 0.0261. The standard InChI is InChI=1S/C77H144O6/c1-4-7-10-13-16-19-22-25-28-31-33-35-36-37-38-39-40-41-42-43-45-46-49-52-55-58-61-64-67-70-76(79)82-73-74(72-81-75(78)69-66-63-60-57-54-51-48-30-27-24-21-18-15-12-9-6-3)83-77(80)71-68-65-62-59-56-53-50-47-44-34-32-29-26-23-20-17-14-11-8-5-2/h22,25,30-31,33,48,74H,4-21,23-24,26-29,32,34-47,49-73H2,1-3H3/b25-22-,33-31-,48-30-. The van der Waals surface area contributed by atoms with Crippen LogP contribution in [0.15, 0.2) is 36.5 Å². The van der Waals surface area contributed by atoms with Gasteiger partial charge in [0, 0.05) is 19.3 Å². The lowest BCUT2D eigenvalue weighted by atomic mass is 10.0. The molecule has 0 bridgehead atoms. The number of carbonyl (C=O) groups excluding carboxylic acids is 3. The predicted octanol–water partition coefficient (Wildman–Crippen LogP) is 25.9. The molecule has 0 aromatic rings. The summed E-state index contributed by atoms with van der Waals surface area (Å²) in [7, 11) is 0. The lowest BCUT2D eigenvalue weighted by Gasteiger charge is -2.18. The van der Waals surface area contributed by atoms with Crippen LogP contribution in [0.4, 0.5) is 0 Å². The van der Waals surface area contributed by atoms with E-state index in [1.165, 1.54) is 308 Å². The Kier molecular flexibility index (Phi) is 70.0. The molecule has 0 aromatic carbocycles. The van der Waals surface area contributed by atoms with Gasteiger partial charge in [0.2, 0.25) is 0 Å². The van der Waals surface area contributed by atoms with Gasteiger partial charge in [-0.1, -0.05) is 359 Å². The average molecular weight is 1170 g/mol. The maximum atomic E-state index is 13.0. The second-order valence-corrected chi connectivity index (χ2v) is 25.6. The number of unbranched alkanes of at least 4 members (excludes halogenated alkanes) is 53. The first-order valence-corrected chi connectivity index (χ1v) is 37.5. The Labute approximate surface area is 518 Å². The van der Waals surface area contributed by atoms with Crippen LogP contribution in [-0.4, -0.2) is 37.2 Å². The third kappa shape index (κ3) is 70.3. The van der Waals surface area contributed by atoms with Gasteiger partial charge in [-0.25, -0.2) is 0 Å². The molecule has 6 nitrogen and oxygen atoms in total. The molecule has 0 N–H and O–H groups in total. The van der Waals surface area contributed by atoms with Gasteiger partial charge in [-0.05, 0) is 77.0 Å². The Balaban J connectivity index is 4.23. The summed E-state index contributed by atoms with van der Waals surface area (Å²) in [5.74, 6) is -0.843. The molecule has 0 aliphatic heterocycles. The highest BCUT2D eigenvalue weighted by molar-refractivity contribution is 5.71. The minimum absolute atomic E-state index is 0.0686.